The van der Waals surface area contributed by atoms with Gasteiger partial charge in [0.15, 0.2) is 0 Å². The van der Waals surface area contributed by atoms with Crippen LogP contribution in [0.15, 0.2) is 48.5 Å². The van der Waals surface area contributed by atoms with E-state index in [0.29, 0.717) is 6.61 Å². The van der Waals surface area contributed by atoms with Gasteiger partial charge in [0.05, 0.1) is 6.61 Å². The molecule has 2 aromatic carbocycles. The Morgan fingerprint density at radius 2 is 1.40 bits per heavy atom. The Kier molecular flexibility index (Phi) is 11.7. The monoisotopic (exact) mass is 408 g/mol. The number of rotatable bonds is 14. The molecule has 0 bridgehead atoms. The topological polar surface area (TPSA) is 27.7 Å². The molecule has 0 radical (unpaired) electrons. The van der Waals surface area contributed by atoms with Crippen LogP contribution < -0.4 is 4.74 Å². The first-order valence-corrected chi connectivity index (χ1v) is 11.1. The minimum Gasteiger partial charge on any atom is -0.494 e. The Morgan fingerprint density at radius 3 is 2.03 bits per heavy atom. The average Bonchev–Trinajstić information content (AvgIpc) is 2.79. The highest BCUT2D eigenvalue weighted by Gasteiger charge is 2.09. The molecule has 0 heterocycles. The van der Waals surface area contributed by atoms with E-state index in [4.69, 9.17) is 14.2 Å². The minimum absolute atomic E-state index is 0.185. The van der Waals surface area contributed by atoms with E-state index in [1.807, 2.05) is 6.92 Å². The number of hydrogen-bond donors (Lipinski definition) is 0. The second-order valence-electron chi connectivity index (χ2n) is 7.40. The van der Waals surface area contributed by atoms with E-state index in [1.165, 1.54) is 30.4 Å². The van der Waals surface area contributed by atoms with Crippen LogP contribution >= 0.6 is 0 Å². The van der Waals surface area contributed by atoms with Gasteiger partial charge in [-0.15, -0.1) is 5.92 Å². The van der Waals surface area contributed by atoms with Crippen LogP contribution in [0.25, 0.3) is 11.1 Å². The van der Waals surface area contributed by atoms with Gasteiger partial charge in [0.2, 0.25) is 0 Å². The van der Waals surface area contributed by atoms with Gasteiger partial charge in [0.1, 0.15) is 11.9 Å². The Labute approximate surface area is 182 Å². The van der Waals surface area contributed by atoms with Crippen LogP contribution in [0.1, 0.15) is 64.0 Å². The lowest BCUT2D eigenvalue weighted by molar-refractivity contribution is 0.0823. The molecule has 0 aromatic heterocycles. The normalized spacial score (nSPS) is 11.6. The maximum atomic E-state index is 5.99. The van der Waals surface area contributed by atoms with Gasteiger partial charge in [-0.25, -0.2) is 0 Å². The molecule has 30 heavy (non-hydrogen) atoms. The lowest BCUT2D eigenvalue weighted by Crippen LogP contribution is -2.04. The van der Waals surface area contributed by atoms with Gasteiger partial charge in [0.25, 0.3) is 0 Å². The van der Waals surface area contributed by atoms with Gasteiger partial charge in [-0.3, -0.25) is 0 Å². The van der Waals surface area contributed by atoms with Crippen molar-refractivity contribution in [3.05, 3.63) is 54.1 Å². The third kappa shape index (κ3) is 8.61. The van der Waals surface area contributed by atoms with Crippen LogP contribution in [-0.2, 0) is 9.47 Å². The predicted molar refractivity (Wildman–Crippen MR) is 125 cm³/mol. The first-order chi connectivity index (χ1) is 14.8. The zero-order valence-electron chi connectivity index (χ0n) is 18.8. The summed E-state index contributed by atoms with van der Waals surface area (Å²) in [5, 5.41) is 0. The summed E-state index contributed by atoms with van der Waals surface area (Å²) < 4.78 is 16.9. The average molecular weight is 409 g/mol. The molecule has 1 atom stereocenters. The van der Waals surface area contributed by atoms with Crippen molar-refractivity contribution in [1.29, 1.82) is 0 Å². The van der Waals surface area contributed by atoms with Crippen molar-refractivity contribution in [2.24, 2.45) is 0 Å². The zero-order valence-corrected chi connectivity index (χ0v) is 18.8. The second-order valence-corrected chi connectivity index (χ2v) is 7.40. The second kappa shape index (κ2) is 14.7. The first kappa shape index (κ1) is 24.0. The van der Waals surface area contributed by atoms with E-state index in [9.17, 15) is 0 Å². The lowest BCUT2D eigenvalue weighted by atomic mass is 10.0. The highest BCUT2D eigenvalue weighted by atomic mass is 16.5. The van der Waals surface area contributed by atoms with Gasteiger partial charge in [-0.1, -0.05) is 68.5 Å². The summed E-state index contributed by atoms with van der Waals surface area (Å²) in [7, 11) is 1.73. The quantitative estimate of drug-likeness (QED) is 0.253. The van der Waals surface area contributed by atoms with Crippen LogP contribution in [0, 0.1) is 11.8 Å². The van der Waals surface area contributed by atoms with Gasteiger partial charge < -0.3 is 14.2 Å². The fourth-order valence-corrected chi connectivity index (χ4v) is 3.21. The summed E-state index contributed by atoms with van der Waals surface area (Å²) >= 11 is 0. The molecule has 3 nitrogen and oxygen atoms in total. The Morgan fingerprint density at radius 1 is 0.767 bits per heavy atom. The number of ether oxygens (including phenoxy) is 3. The Hall–Kier alpha value is -2.28. The molecule has 2 aromatic rings. The van der Waals surface area contributed by atoms with Crippen LogP contribution in [0.2, 0.25) is 0 Å². The molecular weight excluding hydrogens is 372 g/mol. The van der Waals surface area contributed by atoms with Crippen LogP contribution in [0.5, 0.6) is 5.75 Å². The van der Waals surface area contributed by atoms with Crippen molar-refractivity contribution in [3.63, 3.8) is 0 Å². The summed E-state index contributed by atoms with van der Waals surface area (Å²) in [6.07, 6.45) is 6.67. The van der Waals surface area contributed by atoms with Gasteiger partial charge in [-0.2, -0.15) is 0 Å². The first-order valence-electron chi connectivity index (χ1n) is 11.1. The molecule has 0 saturated carbocycles. The fraction of sp³-hybridized carbons (Fsp3) is 0.481. The highest BCUT2D eigenvalue weighted by molar-refractivity contribution is 5.64. The number of unbranched alkanes of at least 4 members (excludes halogenated alkanes) is 4. The molecule has 0 N–H and O–H groups in total. The molecule has 0 spiro atoms. The summed E-state index contributed by atoms with van der Waals surface area (Å²) in [5.41, 5.74) is 3.45. The summed E-state index contributed by atoms with van der Waals surface area (Å²) in [4.78, 5) is 0. The fourth-order valence-electron chi connectivity index (χ4n) is 3.21. The molecule has 0 aliphatic carbocycles. The SMILES string of the molecule is CC#CC(OCCCCOC)c1ccc(-c2ccc(OCCCCCC)cc2)cc1. The summed E-state index contributed by atoms with van der Waals surface area (Å²) in [5.74, 6) is 7.09. The molecule has 2 rings (SSSR count). The number of methoxy groups -OCH3 is 1. The van der Waals surface area contributed by atoms with Gasteiger partial charge >= 0.3 is 0 Å². The standard InChI is InChI=1S/C27H36O3/c1-4-6-7-8-21-29-26-18-16-24(17-19-26)23-12-14-25(15-13-23)27(11-5-2)30-22-10-9-20-28-3/h12-19,27H,4,6-10,20-22H2,1-3H3. The third-order valence-electron chi connectivity index (χ3n) is 4.97. The van der Waals surface area contributed by atoms with Crippen molar-refractivity contribution in [2.75, 3.05) is 26.9 Å². The van der Waals surface area contributed by atoms with E-state index in [-0.39, 0.29) is 6.10 Å². The maximum absolute atomic E-state index is 5.99. The molecule has 0 fully saturated rings. The van der Waals surface area contributed by atoms with E-state index < -0.39 is 0 Å². The molecule has 0 amide bonds. The third-order valence-corrected chi connectivity index (χ3v) is 4.97. The molecule has 162 valence electrons. The number of benzene rings is 2. The van der Waals surface area contributed by atoms with Crippen LogP contribution in [0.4, 0.5) is 0 Å². The van der Waals surface area contributed by atoms with Gasteiger partial charge in [-0.05, 0) is 55.0 Å². The van der Waals surface area contributed by atoms with E-state index in [2.05, 4.69) is 67.3 Å². The highest BCUT2D eigenvalue weighted by Crippen LogP contribution is 2.25. The number of hydrogen-bond acceptors (Lipinski definition) is 3. The maximum Gasteiger partial charge on any atom is 0.143 e. The summed E-state index contributed by atoms with van der Waals surface area (Å²) in [6, 6.07) is 16.8. The van der Waals surface area contributed by atoms with Gasteiger partial charge in [0, 0.05) is 20.3 Å². The molecule has 0 aliphatic rings. The zero-order chi connectivity index (χ0) is 21.4. The van der Waals surface area contributed by atoms with Crippen molar-refractivity contribution in [3.8, 4) is 28.7 Å². The van der Waals surface area contributed by atoms with Crippen LogP contribution in [0.3, 0.4) is 0 Å². The van der Waals surface area contributed by atoms with Crippen LogP contribution in [-0.4, -0.2) is 26.9 Å². The Bertz CT molecular complexity index is 753. The van der Waals surface area contributed by atoms with E-state index in [0.717, 1.165) is 43.8 Å². The van der Waals surface area contributed by atoms with Crippen molar-refractivity contribution < 1.29 is 14.2 Å². The van der Waals surface area contributed by atoms with Crippen molar-refractivity contribution in [2.45, 2.75) is 58.5 Å². The molecule has 0 saturated heterocycles. The van der Waals surface area contributed by atoms with Crippen molar-refractivity contribution in [1.82, 2.24) is 0 Å². The molecular formula is C27H36O3. The molecule has 0 aliphatic heterocycles. The predicted octanol–water partition coefficient (Wildman–Crippen LogP) is 6.82. The van der Waals surface area contributed by atoms with Crippen molar-refractivity contribution >= 4 is 0 Å². The minimum atomic E-state index is -0.185. The van der Waals surface area contributed by atoms with E-state index >= 15 is 0 Å². The smallest absolute Gasteiger partial charge is 0.143 e. The van der Waals surface area contributed by atoms with E-state index in [1.54, 1.807) is 7.11 Å². The molecule has 3 heteroatoms. The Balaban J connectivity index is 1.90. The summed E-state index contributed by atoms with van der Waals surface area (Å²) in [6.45, 7) is 6.32. The lowest BCUT2D eigenvalue weighted by Gasteiger charge is -2.14. The molecule has 1 unspecified atom stereocenters. The largest absolute Gasteiger partial charge is 0.494 e.